The summed E-state index contributed by atoms with van der Waals surface area (Å²) in [6.07, 6.45) is 0.201. The third-order valence-corrected chi connectivity index (χ3v) is 3.29. The van der Waals surface area contributed by atoms with Crippen LogP contribution in [0.2, 0.25) is 0 Å². The summed E-state index contributed by atoms with van der Waals surface area (Å²) in [5.74, 6) is 0.314. The van der Waals surface area contributed by atoms with Gasteiger partial charge in [-0.2, -0.15) is 5.10 Å². The molecule has 0 fully saturated rings. The molecule has 0 unspecified atom stereocenters. The van der Waals surface area contributed by atoms with Gasteiger partial charge in [-0.3, -0.25) is 4.79 Å². The lowest BCUT2D eigenvalue weighted by Crippen LogP contribution is -2.43. The van der Waals surface area contributed by atoms with Crippen LogP contribution in [-0.4, -0.2) is 40.5 Å². The van der Waals surface area contributed by atoms with Crippen molar-refractivity contribution in [1.29, 1.82) is 0 Å². The molecule has 0 aliphatic heterocycles. The number of hydrogen-bond acceptors (Lipinski definition) is 5. The number of carbonyl (C=O) groups excluding carboxylic acids is 1. The number of ether oxygens (including phenoxy) is 1. The van der Waals surface area contributed by atoms with E-state index in [1.165, 1.54) is 16.9 Å². The minimum absolute atomic E-state index is 0.131. The molecule has 0 atom stereocenters. The van der Waals surface area contributed by atoms with Gasteiger partial charge in [-0.15, -0.1) is 0 Å². The molecule has 7 heteroatoms. The van der Waals surface area contributed by atoms with Crippen LogP contribution in [0.15, 0.2) is 47.4 Å². The van der Waals surface area contributed by atoms with Crippen LogP contribution in [0.5, 0.6) is 5.75 Å². The van der Waals surface area contributed by atoms with Gasteiger partial charge in [0.25, 0.3) is 5.56 Å². The van der Waals surface area contributed by atoms with Crippen LogP contribution in [-0.2, 0) is 6.54 Å². The highest BCUT2D eigenvalue weighted by Crippen LogP contribution is 2.05. The molecule has 1 amide bonds. The molecular formula is C16H18N3O4-. The monoisotopic (exact) mass is 316 g/mol. The Hall–Kier alpha value is -2.83. The van der Waals surface area contributed by atoms with Gasteiger partial charge in [-0.25, -0.2) is 4.68 Å². The number of likely N-dealkylation sites (N-methyl/N-ethyl adjacent to an activating group) is 1. The van der Waals surface area contributed by atoms with Crippen molar-refractivity contribution in [2.75, 3.05) is 19.7 Å². The first-order chi connectivity index (χ1) is 11.1. The van der Waals surface area contributed by atoms with E-state index in [2.05, 4.69) is 5.10 Å². The second-order valence-electron chi connectivity index (χ2n) is 4.87. The predicted octanol–water partition coefficient (Wildman–Crippen LogP) is 0.336. The van der Waals surface area contributed by atoms with E-state index in [-0.39, 0.29) is 18.7 Å². The number of hydrogen-bond donors (Lipinski definition) is 0. The molecule has 0 N–H and O–H groups in total. The molecule has 7 nitrogen and oxygen atoms in total. The molecule has 1 heterocycles. The Morgan fingerprint density at radius 1 is 1.35 bits per heavy atom. The van der Waals surface area contributed by atoms with Crippen molar-refractivity contribution in [3.8, 4) is 5.75 Å². The van der Waals surface area contributed by atoms with Crippen molar-refractivity contribution in [3.63, 3.8) is 0 Å². The first-order valence-electron chi connectivity index (χ1n) is 7.30. The molecule has 23 heavy (non-hydrogen) atoms. The van der Waals surface area contributed by atoms with Crippen LogP contribution in [0.3, 0.4) is 0 Å². The van der Waals surface area contributed by atoms with Gasteiger partial charge in [-0.1, -0.05) is 30.3 Å². The van der Waals surface area contributed by atoms with Crippen LogP contribution < -0.4 is 15.4 Å². The van der Waals surface area contributed by atoms with E-state index >= 15 is 0 Å². The Morgan fingerprint density at radius 2 is 2.09 bits per heavy atom. The van der Waals surface area contributed by atoms with Gasteiger partial charge in [-0.05, 0) is 12.5 Å². The number of nitrogens with zero attached hydrogens (tertiary/aromatic N) is 3. The maximum atomic E-state index is 12.0. The van der Waals surface area contributed by atoms with Gasteiger partial charge in [0, 0.05) is 12.6 Å². The SMILES string of the molecule is CCN(CCOc1cnn(Cc2ccccc2)c(=O)c1)C(=O)[O-]. The number of carboxylic acid groups (broad SMARTS) is 1. The number of benzene rings is 1. The summed E-state index contributed by atoms with van der Waals surface area (Å²) in [7, 11) is 0. The second-order valence-corrected chi connectivity index (χ2v) is 4.87. The molecule has 0 aliphatic rings. The lowest BCUT2D eigenvalue weighted by molar-refractivity contribution is -0.265. The molecule has 0 radical (unpaired) electrons. The summed E-state index contributed by atoms with van der Waals surface area (Å²) in [5, 5.41) is 14.8. The first-order valence-corrected chi connectivity index (χ1v) is 7.30. The van der Waals surface area contributed by atoms with Crippen molar-refractivity contribution in [2.24, 2.45) is 0 Å². The minimum Gasteiger partial charge on any atom is -0.530 e. The summed E-state index contributed by atoms with van der Waals surface area (Å²) >= 11 is 0. The molecule has 0 saturated heterocycles. The van der Waals surface area contributed by atoms with Gasteiger partial charge < -0.3 is 19.5 Å². The maximum absolute atomic E-state index is 12.0. The zero-order valence-corrected chi connectivity index (χ0v) is 12.8. The van der Waals surface area contributed by atoms with E-state index in [0.29, 0.717) is 18.8 Å². The number of rotatable bonds is 7. The summed E-state index contributed by atoms with van der Waals surface area (Å²) in [6, 6.07) is 10.9. The van der Waals surface area contributed by atoms with Crippen molar-refractivity contribution in [1.82, 2.24) is 14.7 Å². The van der Waals surface area contributed by atoms with Gasteiger partial charge in [0.15, 0.2) is 0 Å². The predicted molar refractivity (Wildman–Crippen MR) is 82.2 cm³/mol. The highest BCUT2D eigenvalue weighted by Gasteiger charge is 2.04. The zero-order valence-electron chi connectivity index (χ0n) is 12.8. The Balaban J connectivity index is 1.94. The van der Waals surface area contributed by atoms with E-state index in [0.717, 1.165) is 10.5 Å². The average molecular weight is 316 g/mol. The minimum atomic E-state index is -1.24. The van der Waals surface area contributed by atoms with Gasteiger partial charge in [0.1, 0.15) is 18.4 Å². The number of aromatic nitrogens is 2. The fourth-order valence-corrected chi connectivity index (χ4v) is 2.02. The smallest absolute Gasteiger partial charge is 0.270 e. The Kier molecular flexibility index (Phi) is 5.74. The van der Waals surface area contributed by atoms with Crippen LogP contribution in [0.1, 0.15) is 12.5 Å². The Labute approximate surface area is 133 Å². The van der Waals surface area contributed by atoms with E-state index < -0.39 is 6.09 Å². The first kappa shape index (κ1) is 16.5. The lowest BCUT2D eigenvalue weighted by atomic mass is 10.2. The highest BCUT2D eigenvalue weighted by molar-refractivity contribution is 5.62. The maximum Gasteiger partial charge on any atom is 0.270 e. The topological polar surface area (TPSA) is 87.5 Å². The van der Waals surface area contributed by atoms with Crippen LogP contribution in [0.25, 0.3) is 0 Å². The second kappa shape index (κ2) is 7.98. The molecule has 122 valence electrons. The molecule has 0 spiro atoms. The van der Waals surface area contributed by atoms with Crippen LogP contribution in [0, 0.1) is 0 Å². The lowest BCUT2D eigenvalue weighted by Gasteiger charge is -2.22. The highest BCUT2D eigenvalue weighted by atomic mass is 16.5. The largest absolute Gasteiger partial charge is 0.530 e. The van der Waals surface area contributed by atoms with Gasteiger partial charge in [0.2, 0.25) is 0 Å². The molecule has 0 bridgehead atoms. The fraction of sp³-hybridized carbons (Fsp3) is 0.312. The Morgan fingerprint density at radius 3 is 2.70 bits per heavy atom. The molecule has 0 aliphatic carbocycles. The Bertz CT molecular complexity index is 700. The molecular weight excluding hydrogens is 298 g/mol. The third-order valence-electron chi connectivity index (χ3n) is 3.29. The van der Waals surface area contributed by atoms with Crippen LogP contribution >= 0.6 is 0 Å². The quantitative estimate of drug-likeness (QED) is 0.735. The number of carbonyl (C=O) groups is 1. The average Bonchev–Trinajstić information content (AvgIpc) is 2.54. The fourth-order valence-electron chi connectivity index (χ4n) is 2.02. The summed E-state index contributed by atoms with van der Waals surface area (Å²) < 4.78 is 6.70. The number of amides is 1. The van der Waals surface area contributed by atoms with Crippen LogP contribution in [0.4, 0.5) is 4.79 Å². The molecule has 2 aromatic rings. The molecule has 2 rings (SSSR count). The molecule has 1 aromatic heterocycles. The molecule has 0 saturated carbocycles. The van der Waals surface area contributed by atoms with Gasteiger partial charge >= 0.3 is 0 Å². The molecule has 1 aromatic carbocycles. The standard InChI is InChI=1S/C16H19N3O4/c1-2-18(16(21)22)8-9-23-14-10-15(20)19(17-11-14)12-13-6-4-3-5-7-13/h3-7,10-11H,2,8-9,12H2,1H3,(H,21,22)/p-1. The van der Waals surface area contributed by atoms with Crippen molar-refractivity contribution >= 4 is 6.09 Å². The van der Waals surface area contributed by atoms with E-state index in [4.69, 9.17) is 4.74 Å². The van der Waals surface area contributed by atoms with Gasteiger partial charge in [0.05, 0.1) is 19.3 Å². The van der Waals surface area contributed by atoms with Crippen molar-refractivity contribution in [3.05, 3.63) is 58.5 Å². The van der Waals surface area contributed by atoms with E-state index in [1.807, 2.05) is 30.3 Å². The van der Waals surface area contributed by atoms with E-state index in [9.17, 15) is 14.7 Å². The summed E-state index contributed by atoms with van der Waals surface area (Å²) in [5.41, 5.74) is 0.696. The normalized spacial score (nSPS) is 10.3. The summed E-state index contributed by atoms with van der Waals surface area (Å²) in [4.78, 5) is 23.9. The van der Waals surface area contributed by atoms with Crippen molar-refractivity contribution < 1.29 is 14.6 Å². The zero-order chi connectivity index (χ0) is 16.7. The van der Waals surface area contributed by atoms with E-state index in [1.54, 1.807) is 6.92 Å². The summed E-state index contributed by atoms with van der Waals surface area (Å²) in [6.45, 7) is 2.72. The third kappa shape index (κ3) is 4.84. The van der Waals surface area contributed by atoms with Crippen molar-refractivity contribution in [2.45, 2.75) is 13.5 Å².